The first kappa shape index (κ1) is 25.7. The highest BCUT2D eigenvalue weighted by Gasteiger charge is 2.34. The van der Waals surface area contributed by atoms with Gasteiger partial charge >= 0.3 is 0 Å². The number of nitrogens with zero attached hydrogens (tertiary/aromatic N) is 3. The number of aromatic nitrogens is 1. The number of hydrogen-bond acceptors (Lipinski definition) is 5. The Morgan fingerprint density at radius 2 is 1.75 bits per heavy atom. The maximum Gasteiger partial charge on any atom is 0.259 e. The van der Waals surface area contributed by atoms with Gasteiger partial charge in [0, 0.05) is 37.3 Å². The number of ether oxygens (including phenoxy) is 1. The minimum Gasteiger partial charge on any atom is -0.472 e. The molecule has 1 amide bonds. The van der Waals surface area contributed by atoms with Crippen LogP contribution in [0, 0.1) is 17.6 Å². The van der Waals surface area contributed by atoms with Crippen molar-refractivity contribution in [3.8, 4) is 17.0 Å². The van der Waals surface area contributed by atoms with E-state index in [9.17, 15) is 18.7 Å². The molecule has 2 heterocycles. The van der Waals surface area contributed by atoms with Gasteiger partial charge in [-0.1, -0.05) is 31.2 Å². The number of carbonyl (C=O) groups excluding carboxylic acids is 1. The van der Waals surface area contributed by atoms with Crippen LogP contribution in [0.2, 0.25) is 0 Å². The SMILES string of the molecule is C[C@@H]1CN([C@H](C)CO)C(=O)c2cc(-c3ccc(F)cc3)cnc2O[C@H]1CN(C)Cc1ccc(F)cc1. The Kier molecular flexibility index (Phi) is 7.96. The van der Waals surface area contributed by atoms with Crippen LogP contribution in [0.3, 0.4) is 0 Å². The van der Waals surface area contributed by atoms with E-state index in [0.29, 0.717) is 30.8 Å². The highest BCUT2D eigenvalue weighted by atomic mass is 19.1. The molecule has 1 aliphatic rings. The topological polar surface area (TPSA) is 65.9 Å². The van der Waals surface area contributed by atoms with Gasteiger partial charge in [-0.25, -0.2) is 13.8 Å². The number of aliphatic hydroxyl groups excluding tert-OH is 1. The summed E-state index contributed by atoms with van der Waals surface area (Å²) >= 11 is 0. The lowest BCUT2D eigenvalue weighted by Gasteiger charge is -2.37. The first-order valence-electron chi connectivity index (χ1n) is 12.0. The lowest BCUT2D eigenvalue weighted by Crippen LogP contribution is -2.49. The summed E-state index contributed by atoms with van der Waals surface area (Å²) in [5, 5.41) is 9.84. The molecule has 0 spiro atoms. The molecular weight excluding hydrogens is 464 g/mol. The number of halogens is 2. The predicted molar refractivity (Wildman–Crippen MR) is 134 cm³/mol. The Bertz CT molecular complexity index is 1190. The standard InChI is InChI=1S/C28H31F2N3O3/c1-18-14-33(19(2)17-34)28(35)25-12-22(21-6-10-24(30)11-7-21)13-31-27(25)36-26(18)16-32(3)15-20-4-8-23(29)9-5-20/h4-13,18-19,26,34H,14-17H2,1-3H3/t18-,19-,26+/m1/s1. The summed E-state index contributed by atoms with van der Waals surface area (Å²) < 4.78 is 33.0. The van der Waals surface area contributed by atoms with Gasteiger partial charge in [-0.05, 0) is 55.4 Å². The third-order valence-electron chi connectivity index (χ3n) is 6.56. The minimum atomic E-state index is -0.391. The number of pyridine rings is 1. The first-order valence-corrected chi connectivity index (χ1v) is 12.0. The van der Waals surface area contributed by atoms with Crippen LogP contribution >= 0.6 is 0 Å². The maximum atomic E-state index is 13.6. The summed E-state index contributed by atoms with van der Waals surface area (Å²) in [6.07, 6.45) is 1.32. The Hall–Kier alpha value is -3.36. The van der Waals surface area contributed by atoms with Crippen LogP contribution in [0.25, 0.3) is 11.1 Å². The van der Waals surface area contributed by atoms with Gasteiger partial charge in [-0.3, -0.25) is 9.69 Å². The third kappa shape index (κ3) is 5.88. The Morgan fingerprint density at radius 3 is 2.39 bits per heavy atom. The van der Waals surface area contributed by atoms with Crippen LogP contribution in [0.1, 0.15) is 29.8 Å². The molecule has 1 N–H and O–H groups in total. The second kappa shape index (κ2) is 11.1. The molecule has 0 aliphatic carbocycles. The number of fused-ring (bicyclic) bond motifs is 1. The average molecular weight is 496 g/mol. The Morgan fingerprint density at radius 1 is 1.11 bits per heavy atom. The molecule has 3 atom stereocenters. The quantitative estimate of drug-likeness (QED) is 0.527. The van der Waals surface area contributed by atoms with Crippen LogP contribution in [0.4, 0.5) is 8.78 Å². The fourth-order valence-corrected chi connectivity index (χ4v) is 4.39. The van der Waals surface area contributed by atoms with Crippen LogP contribution in [0.5, 0.6) is 5.88 Å². The molecule has 0 saturated carbocycles. The van der Waals surface area contributed by atoms with Crippen molar-refractivity contribution < 1.29 is 23.4 Å². The molecule has 4 rings (SSSR count). The van der Waals surface area contributed by atoms with Crippen LogP contribution < -0.4 is 4.74 Å². The van der Waals surface area contributed by atoms with E-state index in [0.717, 1.165) is 11.1 Å². The molecule has 190 valence electrons. The summed E-state index contributed by atoms with van der Waals surface area (Å²) in [5.41, 5.74) is 2.67. The molecule has 1 aromatic heterocycles. The molecule has 6 nitrogen and oxygen atoms in total. The van der Waals surface area contributed by atoms with E-state index >= 15 is 0 Å². The molecule has 3 aromatic rings. The lowest BCUT2D eigenvalue weighted by molar-refractivity contribution is 0.0325. The number of carbonyl (C=O) groups is 1. The first-order chi connectivity index (χ1) is 17.2. The number of hydrogen-bond donors (Lipinski definition) is 1. The van der Waals surface area contributed by atoms with E-state index in [1.54, 1.807) is 48.4 Å². The van der Waals surface area contributed by atoms with Gasteiger partial charge in [0.25, 0.3) is 5.91 Å². The fourth-order valence-electron chi connectivity index (χ4n) is 4.39. The molecule has 0 fully saturated rings. The van der Waals surface area contributed by atoms with Crippen molar-refractivity contribution >= 4 is 5.91 Å². The molecule has 0 bridgehead atoms. The van der Waals surface area contributed by atoms with E-state index in [1.807, 2.05) is 14.0 Å². The van der Waals surface area contributed by atoms with Gasteiger partial charge in [0.15, 0.2) is 0 Å². The highest BCUT2D eigenvalue weighted by Crippen LogP contribution is 2.30. The number of benzene rings is 2. The summed E-state index contributed by atoms with van der Waals surface area (Å²) in [4.78, 5) is 21.8. The van der Waals surface area contributed by atoms with Crippen LogP contribution in [-0.4, -0.2) is 64.7 Å². The molecule has 8 heteroatoms. The minimum absolute atomic E-state index is 0.0506. The smallest absolute Gasteiger partial charge is 0.259 e. The van der Waals surface area contributed by atoms with Gasteiger partial charge in [0.2, 0.25) is 5.88 Å². The van der Waals surface area contributed by atoms with Gasteiger partial charge in [-0.2, -0.15) is 0 Å². The second-order valence-corrected chi connectivity index (χ2v) is 9.53. The molecule has 0 unspecified atom stereocenters. The number of aliphatic hydroxyl groups is 1. The predicted octanol–water partition coefficient (Wildman–Crippen LogP) is 4.38. The van der Waals surface area contributed by atoms with E-state index in [4.69, 9.17) is 4.74 Å². The molecular formula is C28H31F2N3O3. The molecule has 2 aromatic carbocycles. The molecule has 1 aliphatic heterocycles. The van der Waals surface area contributed by atoms with Gasteiger partial charge in [0.05, 0.1) is 12.6 Å². The van der Waals surface area contributed by atoms with Crippen molar-refractivity contribution in [2.75, 3.05) is 26.7 Å². The van der Waals surface area contributed by atoms with Crippen molar-refractivity contribution in [2.24, 2.45) is 5.92 Å². The van der Waals surface area contributed by atoms with Gasteiger partial charge in [-0.15, -0.1) is 0 Å². The summed E-state index contributed by atoms with van der Waals surface area (Å²) in [6.45, 7) is 5.20. The van der Waals surface area contributed by atoms with Crippen LogP contribution in [0.15, 0.2) is 60.8 Å². The normalized spacial score (nSPS) is 18.9. The third-order valence-corrected chi connectivity index (χ3v) is 6.56. The van der Waals surface area contributed by atoms with Gasteiger partial charge in [0.1, 0.15) is 23.3 Å². The largest absolute Gasteiger partial charge is 0.472 e. The summed E-state index contributed by atoms with van der Waals surface area (Å²) in [5.74, 6) is -0.711. The van der Waals surface area contributed by atoms with E-state index < -0.39 is 6.04 Å². The van der Waals surface area contributed by atoms with Crippen molar-refractivity contribution in [1.82, 2.24) is 14.8 Å². The van der Waals surface area contributed by atoms with Crippen molar-refractivity contribution in [1.29, 1.82) is 0 Å². The molecule has 36 heavy (non-hydrogen) atoms. The van der Waals surface area contributed by atoms with Crippen molar-refractivity contribution in [2.45, 2.75) is 32.5 Å². The average Bonchev–Trinajstić information content (AvgIpc) is 2.87. The van der Waals surface area contributed by atoms with E-state index in [2.05, 4.69) is 9.88 Å². The lowest BCUT2D eigenvalue weighted by atomic mass is 9.99. The molecule has 0 saturated heterocycles. The Labute approximate surface area is 210 Å². The molecule has 0 radical (unpaired) electrons. The fraction of sp³-hybridized carbons (Fsp3) is 0.357. The Balaban J connectivity index is 1.64. The van der Waals surface area contributed by atoms with Crippen molar-refractivity contribution in [3.05, 3.63) is 83.6 Å². The zero-order chi connectivity index (χ0) is 25.8. The zero-order valence-electron chi connectivity index (χ0n) is 20.7. The van der Waals surface area contributed by atoms with Crippen LogP contribution in [-0.2, 0) is 6.54 Å². The van der Waals surface area contributed by atoms with E-state index in [1.165, 1.54) is 24.3 Å². The number of likely N-dealkylation sites (N-methyl/N-ethyl adjacent to an activating group) is 1. The zero-order valence-corrected chi connectivity index (χ0v) is 20.7. The van der Waals surface area contributed by atoms with Gasteiger partial charge < -0.3 is 14.7 Å². The number of rotatable bonds is 7. The highest BCUT2D eigenvalue weighted by molar-refractivity contribution is 5.98. The number of amides is 1. The van der Waals surface area contributed by atoms with E-state index in [-0.39, 0.29) is 42.1 Å². The maximum absolute atomic E-state index is 13.6. The summed E-state index contributed by atoms with van der Waals surface area (Å²) in [6, 6.07) is 13.7. The van der Waals surface area contributed by atoms with Crippen molar-refractivity contribution in [3.63, 3.8) is 0 Å². The summed E-state index contributed by atoms with van der Waals surface area (Å²) in [7, 11) is 1.96. The monoisotopic (exact) mass is 495 g/mol. The second-order valence-electron chi connectivity index (χ2n) is 9.53.